The Morgan fingerprint density at radius 1 is 0.561 bits per heavy atom. The highest BCUT2D eigenvalue weighted by Gasteiger charge is 2.52. The Labute approximate surface area is 633 Å². The van der Waals surface area contributed by atoms with E-state index in [9.17, 15) is 47.3 Å². The molecule has 1 aromatic heterocycles. The Morgan fingerprint density at radius 3 is 1.47 bits per heavy atom. The van der Waals surface area contributed by atoms with Crippen molar-refractivity contribution in [1.29, 1.82) is 0 Å². The topological polar surface area (TPSA) is 471 Å². The lowest BCUT2D eigenvalue weighted by molar-refractivity contribution is -0.177. The Morgan fingerprint density at radius 2 is 0.991 bits per heavy atom. The van der Waals surface area contributed by atoms with Gasteiger partial charge in [-0.25, -0.2) is 14.3 Å². The van der Waals surface area contributed by atoms with Crippen LogP contribution in [0.1, 0.15) is 231 Å². The van der Waals surface area contributed by atoms with E-state index >= 15 is 0 Å². The first kappa shape index (κ1) is 93.5. The third-order valence-electron chi connectivity index (χ3n) is 20.4. The zero-order valence-corrected chi connectivity index (χ0v) is 66.8. The van der Waals surface area contributed by atoms with Crippen molar-refractivity contribution in [2.45, 2.75) is 239 Å². The number of hydrogen-bond donors (Lipinski definition) is 8. The van der Waals surface area contributed by atoms with Crippen molar-refractivity contribution in [2.24, 2.45) is 98.5 Å². The summed E-state index contributed by atoms with van der Waals surface area (Å²) in [6.07, 6.45) is 28.6. The van der Waals surface area contributed by atoms with Gasteiger partial charge in [0.05, 0.1) is 57.6 Å². The van der Waals surface area contributed by atoms with E-state index in [4.69, 9.17) is 61.0 Å². The zero-order valence-electron chi connectivity index (χ0n) is 64.1. The predicted molar refractivity (Wildman–Crippen MR) is 402 cm³/mol. The fourth-order valence-electron chi connectivity index (χ4n) is 13.9. The van der Waals surface area contributed by atoms with Crippen LogP contribution in [0, 0.1) is 88.8 Å². The van der Waals surface area contributed by atoms with Gasteiger partial charge in [0.15, 0.2) is 0 Å². The van der Waals surface area contributed by atoms with Gasteiger partial charge in [0.25, 0.3) is 11.8 Å². The van der Waals surface area contributed by atoms with E-state index in [2.05, 4.69) is 59.0 Å². The summed E-state index contributed by atoms with van der Waals surface area (Å²) in [7, 11) is -9.96. The molecule has 7 unspecified atom stereocenters. The Bertz CT molecular complexity index is 3130. The summed E-state index contributed by atoms with van der Waals surface area (Å²) < 4.78 is 65.0. The van der Waals surface area contributed by atoms with Crippen LogP contribution in [0.5, 0.6) is 0 Å². The number of hydroxylamine groups is 2. The number of nitrogens with zero attached hydrogens (tertiary/aromatic N) is 6. The lowest BCUT2D eigenvalue weighted by Crippen LogP contribution is -2.32. The number of aryl methyl sites for hydroxylation is 2. The number of ether oxygens (including phenoxy) is 3. The number of carbonyl (C=O) groups excluding carboxylic acids is 7. The minimum atomic E-state index is -3.38. The van der Waals surface area contributed by atoms with Crippen molar-refractivity contribution >= 4 is 64.6 Å². The highest BCUT2D eigenvalue weighted by Crippen LogP contribution is 2.55. The Hall–Kier alpha value is -5.84. The maximum Gasteiger partial charge on any atom is 0.533 e. The molecule has 0 radical (unpaired) electrons. The number of esters is 1. The number of imide groups is 1. The lowest BCUT2D eigenvalue weighted by Gasteiger charge is -2.12. The van der Waals surface area contributed by atoms with Crippen LogP contribution in [-0.2, 0) is 89.7 Å². The van der Waals surface area contributed by atoms with Gasteiger partial charge in [-0.2, -0.15) is 5.11 Å². The minimum absolute atomic E-state index is 0.0418. The predicted octanol–water partition coefficient (Wildman–Crippen LogP) is 11.2. The maximum atomic E-state index is 12.1. The van der Waals surface area contributed by atoms with Crippen molar-refractivity contribution < 1.29 is 94.6 Å². The average Bonchev–Trinajstić information content (AvgIpc) is 1.65. The maximum absolute atomic E-state index is 12.1. The lowest BCUT2D eigenvalue weighted by atomic mass is 10.0. The van der Waals surface area contributed by atoms with E-state index in [0.717, 1.165) is 223 Å². The first-order valence-electron chi connectivity index (χ1n) is 38.8. The fraction of sp³-hybridized carbons (Fsp3) is 0.822. The number of rotatable bonds is 43. The monoisotopic (exact) mass is 1570 g/mol. The molecule has 0 bridgehead atoms. The van der Waals surface area contributed by atoms with Crippen LogP contribution in [0.3, 0.4) is 0 Å². The van der Waals surface area contributed by atoms with Crippen LogP contribution in [0.25, 0.3) is 0 Å². The molecule has 8 rings (SSSR count). The third-order valence-corrected chi connectivity index (χ3v) is 22.3. The molecule has 7 aliphatic rings. The number of amides is 5. The van der Waals surface area contributed by atoms with Crippen molar-refractivity contribution in [3.63, 3.8) is 0 Å². The summed E-state index contributed by atoms with van der Waals surface area (Å²) in [5.74, 6) is 20.9. The molecule has 14 atom stereocenters. The molecule has 0 aromatic carbocycles. The first-order valence-corrected chi connectivity index (χ1v) is 44.9. The van der Waals surface area contributed by atoms with Gasteiger partial charge in [-0.1, -0.05) is 87.1 Å². The molecular weight excluding hydrogens is 1440 g/mol. The van der Waals surface area contributed by atoms with E-state index in [1.807, 2.05) is 18.5 Å². The van der Waals surface area contributed by atoms with Crippen LogP contribution >= 0.6 is 22.8 Å². The molecule has 31 nitrogen and oxygen atoms in total. The average molecular weight is 1570 g/mol. The number of fused-ring (bicyclic) bond motifs is 4. The second-order valence-electron chi connectivity index (χ2n) is 29.2. The number of nitrogens with one attached hydrogen (secondary N) is 1. The Balaban J connectivity index is 0.000000302. The normalized spacial score (nSPS) is 23.6. The van der Waals surface area contributed by atoms with Crippen LogP contribution in [0.2, 0.25) is 0 Å². The standard InChI is InChI=1S/C25H44N5O6P.C19H31O5P.C15H17NO5.C7H16N4O.C7H18NO3P/c1-18(24(26)31)9-5-7-15-30-23-13-11-20-19(10-12-22(23)28-29-30)21(20)17-35-25(32)27-14-6-3-4-8-16-36-37(2,33)34;1-25(21,22)24-14-10-6-2-3-9-13-19(20)23-15-18-16-11-7-4-5-8-12-17(16)18;17-13-7-8-14(18)16(13)21-15(19)20-9-12-10-5-3-1-2-4-6-11(10)12;1-6(7(8)12)4-2-3-5-10-11-9;1-12(9,10)11-7-5-3-2-4-6-8/h18-21H,3-17H2,1-2H3,(H2,26,31)(H,27,32)(H,33,34);16-18H,2-3,6-15H2,1H3,(H,21,22);10-12H,3-9H2;6H,2-5H2,1H3,(H2,8,12)(H2,9,10);2-8H2,1H3,(H,9,10)/t18?,19-,20+,21-;16-,17+,18?;10-,11+,12?;;/m1..../s1. The molecule has 5 amide bonds. The summed E-state index contributed by atoms with van der Waals surface area (Å²) in [6, 6.07) is 0. The van der Waals surface area contributed by atoms with Gasteiger partial charge in [0.1, 0.15) is 0 Å². The molecule has 107 heavy (non-hydrogen) atoms. The number of carbonyl (C=O) groups is 7. The smallest absolute Gasteiger partial charge is 0.465 e. The molecule has 12 N–H and O–H groups in total. The molecule has 2 heterocycles. The summed E-state index contributed by atoms with van der Waals surface area (Å²) in [4.78, 5) is 111. The van der Waals surface area contributed by atoms with Gasteiger partial charge < -0.3 is 70.8 Å². The second kappa shape index (κ2) is 51.6. The minimum Gasteiger partial charge on any atom is -0.465 e. The molecule has 34 heteroatoms. The number of primary amides is 2. The molecule has 6 aliphatic carbocycles. The molecule has 1 saturated heterocycles. The van der Waals surface area contributed by atoms with Crippen molar-refractivity contribution in [2.75, 3.05) is 79.3 Å². The van der Waals surface area contributed by atoms with Crippen LogP contribution < -0.4 is 28.4 Å². The largest absolute Gasteiger partial charge is 0.533 e. The molecule has 0 spiro atoms. The van der Waals surface area contributed by atoms with Crippen LogP contribution in [0.15, 0.2) is 10.3 Å². The van der Waals surface area contributed by atoms with Gasteiger partial charge in [-0.3, -0.25) is 42.5 Å². The number of alkyl carbamates (subject to hydrolysis) is 1. The van der Waals surface area contributed by atoms with Crippen LogP contribution in [0.4, 0.5) is 9.59 Å². The molecule has 3 saturated carbocycles. The molecule has 608 valence electrons. The van der Waals surface area contributed by atoms with Gasteiger partial charge in [-0.05, 0) is 175 Å². The van der Waals surface area contributed by atoms with E-state index in [1.165, 1.54) is 25.7 Å². The number of unbranched alkanes of at least 4 members (excludes halogenated alkanes) is 12. The van der Waals surface area contributed by atoms with E-state index in [-0.39, 0.29) is 61.8 Å². The van der Waals surface area contributed by atoms with E-state index in [1.54, 1.807) is 0 Å². The summed E-state index contributed by atoms with van der Waals surface area (Å²) in [5.41, 5.74) is 18.0. The van der Waals surface area contributed by atoms with Gasteiger partial charge >= 0.3 is 41.0 Å². The quantitative estimate of drug-likeness (QED) is 0.00346. The second-order valence-corrected chi connectivity index (χ2v) is 34.8. The van der Waals surface area contributed by atoms with E-state index < -0.39 is 40.8 Å². The summed E-state index contributed by atoms with van der Waals surface area (Å²) in [6.45, 7) is 12.3. The van der Waals surface area contributed by atoms with Crippen molar-refractivity contribution in [3.05, 3.63) is 11.4 Å². The summed E-state index contributed by atoms with van der Waals surface area (Å²) >= 11 is 0. The van der Waals surface area contributed by atoms with Gasteiger partial charge in [0, 0.05) is 89.9 Å². The first-order chi connectivity index (χ1) is 51.0. The fourth-order valence-corrected chi connectivity index (χ4v) is 15.3. The zero-order chi connectivity index (χ0) is 78.6. The van der Waals surface area contributed by atoms with Gasteiger partial charge in [0.2, 0.25) is 11.8 Å². The number of aromatic nitrogens is 3. The number of nitrogens with two attached hydrogens (primary N) is 4. The SMILES string of the molecule is CC(CCCCN=NN)C(N)=O.CC(CCCCn1nnc2c1CC[C@H]1[C@@H](CC2)[C@H]1COC(=O)NCCCCCCOP(C)(=O)O)C(N)=O.CP(=O)(O)OCCCCCCCC(=O)OCC1[C@H]2CCC#CCC[C@@H]12.CP(=O)(O)OCCCCCCN.O=C(OCC1[C@H]2CCC#CCC[C@@H]12)ON1C(=O)CCC1=O. The molecule has 1 aliphatic heterocycles. The van der Waals surface area contributed by atoms with E-state index in [0.29, 0.717) is 99.0 Å². The van der Waals surface area contributed by atoms with Crippen molar-refractivity contribution in [1.82, 2.24) is 25.4 Å². The molecular formula is C73H126N11O20P3. The Kier molecular flexibility index (Phi) is 45.1. The summed E-state index contributed by atoms with van der Waals surface area (Å²) in [5, 5.41) is 18.9. The van der Waals surface area contributed by atoms with Crippen LogP contribution in [-0.4, -0.2) is 156 Å². The van der Waals surface area contributed by atoms with Crippen molar-refractivity contribution in [3.8, 4) is 23.7 Å². The number of hydrogen-bond acceptors (Lipinski definition) is 22. The van der Waals surface area contributed by atoms with Gasteiger partial charge in [-0.15, -0.1) is 28.8 Å². The molecule has 4 fully saturated rings. The highest BCUT2D eigenvalue weighted by atomic mass is 31.2. The molecule has 1 aromatic rings. The highest BCUT2D eigenvalue weighted by molar-refractivity contribution is 7.52. The third kappa shape index (κ3) is 41.7.